The van der Waals surface area contributed by atoms with E-state index in [4.69, 9.17) is 0 Å². The molecule has 1 heterocycles. The van der Waals surface area contributed by atoms with Crippen LogP contribution in [0.2, 0.25) is 0 Å². The zero-order chi connectivity index (χ0) is 8.10. The van der Waals surface area contributed by atoms with Crippen LogP contribution in [0.25, 0.3) is 0 Å². The van der Waals surface area contributed by atoms with E-state index < -0.39 is 0 Å². The van der Waals surface area contributed by atoms with Gasteiger partial charge >= 0.3 is 0 Å². The summed E-state index contributed by atoms with van der Waals surface area (Å²) in [5.41, 5.74) is 1.09. The van der Waals surface area contributed by atoms with Crippen LogP contribution in [-0.2, 0) is 0 Å². The molecule has 1 rings (SSSR count). The van der Waals surface area contributed by atoms with Crippen LogP contribution < -0.4 is 5.32 Å². The van der Waals surface area contributed by atoms with Crippen molar-refractivity contribution in [1.82, 2.24) is 5.32 Å². The molecule has 1 atom stereocenters. The first-order valence-electron chi connectivity index (χ1n) is 3.89. The van der Waals surface area contributed by atoms with Crippen LogP contribution in [0.3, 0.4) is 0 Å². The van der Waals surface area contributed by atoms with Gasteiger partial charge in [-0.1, -0.05) is 19.1 Å². The van der Waals surface area contributed by atoms with Crippen molar-refractivity contribution in [3.63, 3.8) is 0 Å². The number of aliphatic imine (C=N–C) groups is 1. The van der Waals surface area contributed by atoms with E-state index >= 15 is 0 Å². The first-order chi connectivity index (χ1) is 5.33. The molecule has 2 nitrogen and oxygen atoms in total. The summed E-state index contributed by atoms with van der Waals surface area (Å²) in [5.74, 6) is 0.459. The molecule has 0 aromatic rings. The van der Waals surface area contributed by atoms with Gasteiger partial charge in [-0.25, -0.2) is 0 Å². The fourth-order valence-corrected chi connectivity index (χ4v) is 0.934. The van der Waals surface area contributed by atoms with Gasteiger partial charge in [-0.15, -0.1) is 0 Å². The van der Waals surface area contributed by atoms with E-state index in [-0.39, 0.29) is 0 Å². The van der Waals surface area contributed by atoms with E-state index in [2.05, 4.69) is 29.4 Å². The van der Waals surface area contributed by atoms with Crippen LogP contribution in [-0.4, -0.2) is 19.8 Å². The van der Waals surface area contributed by atoms with E-state index in [9.17, 15) is 0 Å². The lowest BCUT2D eigenvalue weighted by Gasteiger charge is -1.97. The molecule has 0 saturated carbocycles. The summed E-state index contributed by atoms with van der Waals surface area (Å²) in [5, 5.41) is 3.06. The Morgan fingerprint density at radius 2 is 2.45 bits per heavy atom. The maximum Gasteiger partial charge on any atom is 0.0537 e. The molecule has 2 heteroatoms. The first-order valence-corrected chi connectivity index (χ1v) is 3.89. The Hall–Kier alpha value is -0.890. The number of hydrogen-bond acceptors (Lipinski definition) is 2. The fourth-order valence-electron chi connectivity index (χ4n) is 0.934. The molecule has 0 fully saturated rings. The molecule has 0 aromatic carbocycles. The van der Waals surface area contributed by atoms with Gasteiger partial charge in [0.15, 0.2) is 0 Å². The van der Waals surface area contributed by atoms with Crippen molar-refractivity contribution in [3.05, 3.63) is 23.9 Å². The van der Waals surface area contributed by atoms with Crippen molar-refractivity contribution in [2.75, 3.05) is 13.6 Å². The molecule has 1 aliphatic heterocycles. The van der Waals surface area contributed by atoms with Gasteiger partial charge in [0, 0.05) is 18.7 Å². The molecule has 1 N–H and O–H groups in total. The number of hydrogen-bond donors (Lipinski definition) is 1. The van der Waals surface area contributed by atoms with E-state index in [1.54, 1.807) is 0 Å². The fraction of sp³-hybridized carbons (Fsp3) is 0.444. The summed E-state index contributed by atoms with van der Waals surface area (Å²) in [6.45, 7) is 2.96. The lowest BCUT2D eigenvalue weighted by atomic mass is 10.2. The van der Waals surface area contributed by atoms with Gasteiger partial charge in [0.2, 0.25) is 0 Å². The Balaban J connectivity index is 2.61. The van der Waals surface area contributed by atoms with E-state index in [1.165, 1.54) is 0 Å². The first kappa shape index (κ1) is 8.21. The summed E-state index contributed by atoms with van der Waals surface area (Å²) in [4.78, 5) is 4.31. The molecular formula is C9H14N2. The molecule has 0 spiro atoms. The van der Waals surface area contributed by atoms with Crippen molar-refractivity contribution >= 4 is 6.21 Å². The Labute approximate surface area is 67.7 Å². The molecule has 60 valence electrons. The lowest BCUT2D eigenvalue weighted by Crippen LogP contribution is -2.09. The SMILES string of the molecule is CNCC1=CC=CC(C)C=N1. The molecule has 11 heavy (non-hydrogen) atoms. The third-order valence-corrected chi connectivity index (χ3v) is 1.54. The number of rotatable bonds is 2. The predicted octanol–water partition coefficient (Wildman–Crippen LogP) is 1.37. The third kappa shape index (κ3) is 2.68. The Bertz CT molecular complexity index is 202. The van der Waals surface area contributed by atoms with Crippen molar-refractivity contribution in [1.29, 1.82) is 0 Å². The largest absolute Gasteiger partial charge is 0.314 e. The Morgan fingerprint density at radius 3 is 3.18 bits per heavy atom. The Morgan fingerprint density at radius 1 is 1.64 bits per heavy atom. The molecule has 1 aliphatic rings. The van der Waals surface area contributed by atoms with Gasteiger partial charge in [-0.05, 0) is 13.1 Å². The van der Waals surface area contributed by atoms with Crippen LogP contribution >= 0.6 is 0 Å². The maximum atomic E-state index is 4.31. The van der Waals surface area contributed by atoms with Crippen LogP contribution in [0.15, 0.2) is 28.9 Å². The highest BCUT2D eigenvalue weighted by molar-refractivity contribution is 5.65. The predicted molar refractivity (Wildman–Crippen MR) is 48.8 cm³/mol. The second-order valence-corrected chi connectivity index (χ2v) is 2.71. The summed E-state index contributed by atoms with van der Waals surface area (Å²) >= 11 is 0. The second kappa shape index (κ2) is 4.09. The minimum absolute atomic E-state index is 0.459. The van der Waals surface area contributed by atoms with Crippen LogP contribution in [0, 0.1) is 5.92 Å². The van der Waals surface area contributed by atoms with Crippen molar-refractivity contribution < 1.29 is 0 Å². The molecule has 0 amide bonds. The van der Waals surface area contributed by atoms with Crippen molar-refractivity contribution in [3.8, 4) is 0 Å². The smallest absolute Gasteiger partial charge is 0.0537 e. The zero-order valence-corrected chi connectivity index (χ0v) is 7.04. The van der Waals surface area contributed by atoms with E-state index in [0.29, 0.717) is 5.92 Å². The highest BCUT2D eigenvalue weighted by Gasteiger charge is 1.96. The normalized spacial score (nSPS) is 23.1. The topological polar surface area (TPSA) is 24.4 Å². The lowest BCUT2D eigenvalue weighted by molar-refractivity contribution is 0.870. The highest BCUT2D eigenvalue weighted by atomic mass is 14.9. The molecule has 0 bridgehead atoms. The summed E-state index contributed by atoms with van der Waals surface area (Å²) < 4.78 is 0. The number of likely N-dealkylation sites (N-methyl/N-ethyl adjacent to an activating group) is 1. The number of nitrogens with zero attached hydrogens (tertiary/aromatic N) is 1. The molecule has 1 unspecified atom stereocenters. The standard InChI is InChI=1S/C9H14N2/c1-8-4-3-5-9(7-10-2)11-6-8/h3-6,8,10H,7H2,1-2H3. The van der Waals surface area contributed by atoms with Crippen LogP contribution in [0.5, 0.6) is 0 Å². The van der Waals surface area contributed by atoms with Gasteiger partial charge in [-0.2, -0.15) is 0 Å². The van der Waals surface area contributed by atoms with Crippen LogP contribution in [0.4, 0.5) is 0 Å². The van der Waals surface area contributed by atoms with Crippen molar-refractivity contribution in [2.24, 2.45) is 10.9 Å². The van der Waals surface area contributed by atoms with Gasteiger partial charge in [-0.3, -0.25) is 4.99 Å². The monoisotopic (exact) mass is 150 g/mol. The molecule has 0 saturated heterocycles. The summed E-state index contributed by atoms with van der Waals surface area (Å²) in [6.07, 6.45) is 8.19. The van der Waals surface area contributed by atoms with Crippen molar-refractivity contribution in [2.45, 2.75) is 6.92 Å². The van der Waals surface area contributed by atoms with Gasteiger partial charge in [0.05, 0.1) is 5.70 Å². The molecule has 0 radical (unpaired) electrons. The average molecular weight is 150 g/mol. The Kier molecular flexibility index (Phi) is 3.05. The summed E-state index contributed by atoms with van der Waals surface area (Å²) in [6, 6.07) is 0. The zero-order valence-electron chi connectivity index (χ0n) is 7.04. The molecular weight excluding hydrogens is 136 g/mol. The second-order valence-electron chi connectivity index (χ2n) is 2.71. The van der Waals surface area contributed by atoms with E-state index in [1.807, 2.05) is 19.3 Å². The average Bonchev–Trinajstić information content (AvgIpc) is 2.17. The highest BCUT2D eigenvalue weighted by Crippen LogP contribution is 2.03. The van der Waals surface area contributed by atoms with E-state index in [0.717, 1.165) is 12.2 Å². The molecule has 0 aliphatic carbocycles. The number of nitrogens with one attached hydrogen (secondary N) is 1. The summed E-state index contributed by atoms with van der Waals surface area (Å²) in [7, 11) is 1.92. The third-order valence-electron chi connectivity index (χ3n) is 1.54. The van der Waals surface area contributed by atoms with Gasteiger partial charge in [0.1, 0.15) is 0 Å². The van der Waals surface area contributed by atoms with Gasteiger partial charge < -0.3 is 5.32 Å². The molecule has 0 aromatic heterocycles. The van der Waals surface area contributed by atoms with Crippen LogP contribution in [0.1, 0.15) is 6.92 Å². The van der Waals surface area contributed by atoms with Gasteiger partial charge in [0.25, 0.3) is 0 Å². The number of allylic oxidation sites excluding steroid dienone is 3. The maximum absolute atomic E-state index is 4.31. The minimum atomic E-state index is 0.459. The quantitative estimate of drug-likeness (QED) is 0.631. The minimum Gasteiger partial charge on any atom is -0.314 e.